The SMILES string of the molecule is N[C@@H]1C(=O)N2C(C(=O)O)=C(/C=C3\CCN(Cc4ccccn4)C3=O)CS[C@H]12. The molecule has 0 aliphatic carbocycles. The van der Waals surface area contributed by atoms with Gasteiger partial charge in [-0.2, -0.15) is 0 Å². The van der Waals surface area contributed by atoms with Gasteiger partial charge in [-0.15, -0.1) is 11.8 Å². The second-order valence-corrected chi connectivity index (χ2v) is 7.69. The van der Waals surface area contributed by atoms with Crippen molar-refractivity contribution in [1.82, 2.24) is 14.8 Å². The highest BCUT2D eigenvalue weighted by Gasteiger charge is 2.51. The lowest BCUT2D eigenvalue weighted by Gasteiger charge is -2.47. The molecule has 4 heterocycles. The van der Waals surface area contributed by atoms with E-state index in [-0.39, 0.29) is 17.0 Å². The standard InChI is InChI=1S/C18H18N4O4S/c19-13-16(24)22-14(18(25)26)11(9-27-17(13)22)7-10-4-6-21(15(10)23)8-12-3-1-2-5-20-12/h1-3,5,7,13,17H,4,6,8-9,19H2,(H,25,26)/b10-7+/t13-,17-/m1/s1. The van der Waals surface area contributed by atoms with Crippen molar-refractivity contribution >= 4 is 29.5 Å². The van der Waals surface area contributed by atoms with Crippen LogP contribution in [0.4, 0.5) is 0 Å². The van der Waals surface area contributed by atoms with E-state index in [1.807, 2.05) is 18.2 Å². The summed E-state index contributed by atoms with van der Waals surface area (Å²) in [4.78, 5) is 43.6. The monoisotopic (exact) mass is 386 g/mol. The van der Waals surface area contributed by atoms with Crippen molar-refractivity contribution in [3.8, 4) is 0 Å². The molecule has 2 saturated heterocycles. The van der Waals surface area contributed by atoms with Crippen molar-refractivity contribution in [3.05, 3.63) is 53.0 Å². The molecule has 3 N–H and O–H groups in total. The predicted octanol–water partition coefficient (Wildman–Crippen LogP) is 0.321. The van der Waals surface area contributed by atoms with Crippen LogP contribution in [0.15, 0.2) is 47.3 Å². The Morgan fingerprint density at radius 2 is 2.22 bits per heavy atom. The van der Waals surface area contributed by atoms with Gasteiger partial charge in [-0.05, 0) is 30.2 Å². The van der Waals surface area contributed by atoms with Gasteiger partial charge in [0.25, 0.3) is 0 Å². The van der Waals surface area contributed by atoms with Crippen LogP contribution >= 0.6 is 11.8 Å². The molecule has 27 heavy (non-hydrogen) atoms. The molecule has 2 atom stereocenters. The van der Waals surface area contributed by atoms with Gasteiger partial charge in [-0.25, -0.2) is 4.79 Å². The fourth-order valence-electron chi connectivity index (χ4n) is 3.50. The minimum Gasteiger partial charge on any atom is -0.477 e. The van der Waals surface area contributed by atoms with Gasteiger partial charge in [0, 0.05) is 24.1 Å². The van der Waals surface area contributed by atoms with E-state index in [4.69, 9.17) is 5.73 Å². The number of rotatable bonds is 4. The first-order valence-corrected chi connectivity index (χ1v) is 9.58. The third-order valence-corrected chi connectivity index (χ3v) is 6.21. The first kappa shape index (κ1) is 17.7. The number of hydrogen-bond donors (Lipinski definition) is 2. The summed E-state index contributed by atoms with van der Waals surface area (Å²) >= 11 is 1.42. The molecule has 0 unspecified atom stereocenters. The smallest absolute Gasteiger partial charge is 0.352 e. The second-order valence-electron chi connectivity index (χ2n) is 6.58. The van der Waals surface area contributed by atoms with Crippen LogP contribution in [-0.4, -0.2) is 61.4 Å². The molecule has 1 aromatic rings. The zero-order chi connectivity index (χ0) is 19.1. The first-order chi connectivity index (χ1) is 13.0. The van der Waals surface area contributed by atoms with Gasteiger partial charge in [-0.1, -0.05) is 6.07 Å². The van der Waals surface area contributed by atoms with Gasteiger partial charge in [0.05, 0.1) is 12.2 Å². The molecule has 4 rings (SSSR count). The number of fused-ring (bicyclic) bond motifs is 1. The molecule has 2 fully saturated rings. The van der Waals surface area contributed by atoms with Crippen molar-refractivity contribution in [2.45, 2.75) is 24.4 Å². The maximum absolute atomic E-state index is 12.7. The molecular weight excluding hydrogens is 368 g/mol. The summed E-state index contributed by atoms with van der Waals surface area (Å²) in [6, 6.07) is 4.88. The number of carbonyl (C=O) groups is 3. The Hall–Kier alpha value is -2.65. The molecule has 8 nitrogen and oxygen atoms in total. The van der Waals surface area contributed by atoms with E-state index in [0.29, 0.717) is 36.4 Å². The summed E-state index contributed by atoms with van der Waals surface area (Å²) in [6.45, 7) is 0.971. The van der Waals surface area contributed by atoms with Gasteiger partial charge in [-0.3, -0.25) is 19.5 Å². The van der Waals surface area contributed by atoms with Crippen molar-refractivity contribution in [3.63, 3.8) is 0 Å². The third-order valence-electron chi connectivity index (χ3n) is 4.88. The Kier molecular flexibility index (Phi) is 4.48. The van der Waals surface area contributed by atoms with E-state index in [0.717, 1.165) is 5.69 Å². The Bertz CT molecular complexity index is 883. The number of likely N-dealkylation sites (tertiary alicyclic amines) is 1. The Labute approximate surface area is 159 Å². The minimum absolute atomic E-state index is 0.0612. The minimum atomic E-state index is -1.18. The Morgan fingerprint density at radius 3 is 2.93 bits per heavy atom. The van der Waals surface area contributed by atoms with Gasteiger partial charge in [0.15, 0.2) is 0 Å². The summed E-state index contributed by atoms with van der Waals surface area (Å²) < 4.78 is 0. The van der Waals surface area contributed by atoms with E-state index in [9.17, 15) is 19.5 Å². The Balaban J connectivity index is 1.58. The summed E-state index contributed by atoms with van der Waals surface area (Å²) in [5.74, 6) is -1.30. The van der Waals surface area contributed by atoms with Crippen molar-refractivity contribution in [2.24, 2.45) is 5.73 Å². The number of nitrogens with zero attached hydrogens (tertiary/aromatic N) is 3. The highest BCUT2D eigenvalue weighted by Crippen LogP contribution is 2.40. The van der Waals surface area contributed by atoms with Crippen molar-refractivity contribution in [2.75, 3.05) is 12.3 Å². The average Bonchev–Trinajstić information content (AvgIpc) is 3.01. The summed E-state index contributed by atoms with van der Waals surface area (Å²) in [7, 11) is 0. The van der Waals surface area contributed by atoms with Crippen LogP contribution < -0.4 is 5.73 Å². The number of pyridine rings is 1. The number of nitrogens with two attached hydrogens (primary N) is 1. The number of amides is 2. The summed E-state index contributed by atoms with van der Waals surface area (Å²) in [5.41, 5.74) is 7.52. The lowest BCUT2D eigenvalue weighted by molar-refractivity contribution is -0.147. The zero-order valence-electron chi connectivity index (χ0n) is 14.4. The van der Waals surface area contributed by atoms with Gasteiger partial charge in [0.2, 0.25) is 11.8 Å². The summed E-state index contributed by atoms with van der Waals surface area (Å²) in [6.07, 6.45) is 3.84. The molecular formula is C18H18N4O4S. The molecule has 0 aromatic carbocycles. The molecule has 0 spiro atoms. The number of allylic oxidation sites excluding steroid dienone is 1. The van der Waals surface area contributed by atoms with Gasteiger partial charge < -0.3 is 15.7 Å². The van der Waals surface area contributed by atoms with Gasteiger partial charge >= 0.3 is 5.97 Å². The molecule has 1 aromatic heterocycles. The van der Waals surface area contributed by atoms with Crippen LogP contribution in [0, 0.1) is 0 Å². The van der Waals surface area contributed by atoms with Crippen LogP contribution in [0.2, 0.25) is 0 Å². The van der Waals surface area contributed by atoms with Crippen molar-refractivity contribution < 1.29 is 19.5 Å². The van der Waals surface area contributed by atoms with Crippen LogP contribution in [0.3, 0.4) is 0 Å². The van der Waals surface area contributed by atoms with Crippen LogP contribution in [-0.2, 0) is 20.9 Å². The zero-order valence-corrected chi connectivity index (χ0v) is 15.2. The third kappa shape index (κ3) is 3.02. The maximum atomic E-state index is 12.7. The first-order valence-electron chi connectivity index (χ1n) is 8.54. The molecule has 2 amide bonds. The largest absolute Gasteiger partial charge is 0.477 e. The fraction of sp³-hybridized carbons (Fsp3) is 0.333. The number of aliphatic carboxylic acids is 1. The number of carboxylic acids is 1. The molecule has 3 aliphatic heterocycles. The van der Waals surface area contributed by atoms with Crippen molar-refractivity contribution in [1.29, 1.82) is 0 Å². The van der Waals surface area contributed by atoms with E-state index < -0.39 is 17.9 Å². The summed E-state index contributed by atoms with van der Waals surface area (Å²) in [5, 5.41) is 9.24. The number of hydrogen-bond acceptors (Lipinski definition) is 6. The predicted molar refractivity (Wildman–Crippen MR) is 98.1 cm³/mol. The lowest BCUT2D eigenvalue weighted by atomic mass is 10.0. The van der Waals surface area contributed by atoms with Crippen LogP contribution in [0.5, 0.6) is 0 Å². The van der Waals surface area contributed by atoms with E-state index in [2.05, 4.69) is 4.98 Å². The quantitative estimate of drug-likeness (QED) is 0.565. The molecule has 0 saturated carbocycles. The number of β-lactam (4-membered cyclic amide) rings is 1. The topological polar surface area (TPSA) is 117 Å². The second kappa shape index (κ2) is 6.82. The number of aromatic nitrogens is 1. The van der Waals surface area contributed by atoms with Crippen LogP contribution in [0.1, 0.15) is 12.1 Å². The molecule has 0 radical (unpaired) electrons. The molecule has 140 valence electrons. The van der Waals surface area contributed by atoms with E-state index >= 15 is 0 Å². The molecule has 9 heteroatoms. The number of thioether (sulfide) groups is 1. The van der Waals surface area contributed by atoms with Crippen LogP contribution in [0.25, 0.3) is 0 Å². The fourth-order valence-corrected chi connectivity index (χ4v) is 4.75. The Morgan fingerprint density at radius 1 is 1.41 bits per heavy atom. The van der Waals surface area contributed by atoms with E-state index in [1.54, 1.807) is 17.2 Å². The highest BCUT2D eigenvalue weighted by atomic mass is 32.2. The highest BCUT2D eigenvalue weighted by molar-refractivity contribution is 8.00. The normalized spacial score (nSPS) is 26.5. The molecule has 3 aliphatic rings. The average molecular weight is 386 g/mol. The lowest BCUT2D eigenvalue weighted by Crippen LogP contribution is -2.68. The van der Waals surface area contributed by atoms with E-state index in [1.165, 1.54) is 16.7 Å². The van der Waals surface area contributed by atoms with Gasteiger partial charge in [0.1, 0.15) is 17.1 Å². The number of carbonyl (C=O) groups excluding carboxylic acids is 2. The number of carboxylic acid groups (broad SMARTS) is 1. The maximum Gasteiger partial charge on any atom is 0.352 e. The molecule has 0 bridgehead atoms.